The summed E-state index contributed by atoms with van der Waals surface area (Å²) in [4.78, 5) is 14.4. The Balaban J connectivity index is 2.32. The number of alkyl halides is 3. The van der Waals surface area contributed by atoms with Gasteiger partial charge in [0.15, 0.2) is 0 Å². The number of pyridine rings is 1. The molecule has 5 nitrogen and oxygen atoms in total. The Morgan fingerprint density at radius 2 is 1.93 bits per heavy atom. The van der Waals surface area contributed by atoms with Crippen molar-refractivity contribution in [1.82, 2.24) is 9.47 Å². The molecule has 0 radical (unpaired) electrons. The van der Waals surface area contributed by atoms with Gasteiger partial charge in [-0.05, 0) is 45.2 Å². The second kappa shape index (κ2) is 7.68. The molecule has 0 bridgehead atoms. The quantitative estimate of drug-likeness (QED) is 0.826. The number of hydrogen-bond donors (Lipinski definition) is 1. The fraction of sp³-hybridized carbons (Fsp3) is 0.381. The molecule has 0 aliphatic carbocycles. The van der Waals surface area contributed by atoms with E-state index < -0.39 is 17.3 Å². The van der Waals surface area contributed by atoms with E-state index in [1.54, 1.807) is 19.2 Å². The SMILES string of the molecule is CN(CCO)CC1=C(n2ccccc2=O)c2cc(C(F)(F)F)ccc2OC1(C)C. The third-order valence-corrected chi connectivity index (χ3v) is 4.91. The molecule has 0 fully saturated rings. The van der Waals surface area contributed by atoms with Gasteiger partial charge in [0.2, 0.25) is 0 Å². The van der Waals surface area contributed by atoms with E-state index in [9.17, 15) is 23.1 Å². The smallest absolute Gasteiger partial charge is 0.416 e. The van der Waals surface area contributed by atoms with Crippen LogP contribution in [0.3, 0.4) is 0 Å². The molecule has 156 valence electrons. The lowest BCUT2D eigenvalue weighted by molar-refractivity contribution is -0.137. The van der Waals surface area contributed by atoms with Gasteiger partial charge in [-0.15, -0.1) is 0 Å². The Morgan fingerprint density at radius 1 is 1.21 bits per heavy atom. The van der Waals surface area contributed by atoms with Crippen molar-refractivity contribution < 1.29 is 23.0 Å². The summed E-state index contributed by atoms with van der Waals surface area (Å²) in [5, 5.41) is 9.24. The highest BCUT2D eigenvalue weighted by atomic mass is 19.4. The van der Waals surface area contributed by atoms with E-state index in [1.165, 1.54) is 22.9 Å². The zero-order valence-corrected chi connectivity index (χ0v) is 16.5. The molecule has 0 spiro atoms. The fourth-order valence-corrected chi connectivity index (χ4v) is 3.44. The second-order valence-electron chi connectivity index (χ2n) is 7.52. The van der Waals surface area contributed by atoms with Crippen molar-refractivity contribution in [2.45, 2.75) is 25.6 Å². The van der Waals surface area contributed by atoms with Crippen LogP contribution in [0.25, 0.3) is 5.70 Å². The molecule has 3 rings (SSSR count). The summed E-state index contributed by atoms with van der Waals surface area (Å²) in [7, 11) is 1.78. The van der Waals surface area contributed by atoms with Gasteiger partial charge in [0.25, 0.3) is 5.56 Å². The van der Waals surface area contributed by atoms with Crippen molar-refractivity contribution in [2.24, 2.45) is 0 Å². The summed E-state index contributed by atoms with van der Waals surface area (Å²) in [6.45, 7) is 4.22. The number of benzene rings is 1. The molecule has 0 unspecified atom stereocenters. The van der Waals surface area contributed by atoms with Gasteiger partial charge in [0.05, 0.1) is 17.9 Å². The molecule has 29 heavy (non-hydrogen) atoms. The van der Waals surface area contributed by atoms with Gasteiger partial charge in [-0.25, -0.2) is 0 Å². The molecule has 0 atom stereocenters. The first-order valence-corrected chi connectivity index (χ1v) is 9.16. The molecule has 1 aromatic heterocycles. The van der Waals surface area contributed by atoms with Crippen LogP contribution in [0.2, 0.25) is 0 Å². The summed E-state index contributed by atoms with van der Waals surface area (Å²) < 4.78 is 47.5. The van der Waals surface area contributed by atoms with E-state index in [0.29, 0.717) is 24.4 Å². The molecule has 1 aliphatic rings. The first-order chi connectivity index (χ1) is 13.5. The molecule has 1 aliphatic heterocycles. The normalized spacial score (nSPS) is 16.0. The molecule has 8 heteroatoms. The predicted octanol–water partition coefficient (Wildman–Crippen LogP) is 3.22. The lowest BCUT2D eigenvalue weighted by Gasteiger charge is -2.39. The number of halogens is 3. The number of rotatable bonds is 5. The predicted molar refractivity (Wildman–Crippen MR) is 104 cm³/mol. The van der Waals surface area contributed by atoms with E-state index in [4.69, 9.17) is 4.74 Å². The Hall–Kier alpha value is -2.58. The van der Waals surface area contributed by atoms with Crippen molar-refractivity contribution in [1.29, 1.82) is 0 Å². The lowest BCUT2D eigenvalue weighted by atomic mass is 9.88. The molecule has 1 N–H and O–H groups in total. The van der Waals surface area contributed by atoms with Gasteiger partial charge in [-0.2, -0.15) is 13.2 Å². The average molecular weight is 408 g/mol. The average Bonchev–Trinajstić information content (AvgIpc) is 2.62. The number of aliphatic hydroxyl groups is 1. The minimum absolute atomic E-state index is 0.0690. The molecule has 1 aromatic carbocycles. The first-order valence-electron chi connectivity index (χ1n) is 9.16. The van der Waals surface area contributed by atoms with E-state index in [2.05, 4.69) is 0 Å². The summed E-state index contributed by atoms with van der Waals surface area (Å²) in [6.07, 6.45) is -2.99. The first kappa shape index (κ1) is 21.1. The summed E-state index contributed by atoms with van der Waals surface area (Å²) in [5.74, 6) is 0.280. The van der Waals surface area contributed by atoms with Gasteiger partial charge >= 0.3 is 6.18 Å². The minimum Gasteiger partial charge on any atom is -0.483 e. The maximum atomic E-state index is 13.4. The van der Waals surface area contributed by atoms with Gasteiger partial charge in [0, 0.05) is 36.5 Å². The minimum atomic E-state index is -4.53. The van der Waals surface area contributed by atoms with Crippen molar-refractivity contribution in [2.75, 3.05) is 26.7 Å². The second-order valence-corrected chi connectivity index (χ2v) is 7.52. The highest BCUT2D eigenvalue weighted by Gasteiger charge is 2.39. The van der Waals surface area contributed by atoms with Gasteiger partial charge in [-0.3, -0.25) is 14.3 Å². The number of aliphatic hydroxyl groups excluding tert-OH is 1. The van der Waals surface area contributed by atoms with Crippen LogP contribution in [-0.2, 0) is 6.18 Å². The summed E-state index contributed by atoms with van der Waals surface area (Å²) in [5.41, 5.74) is -0.817. The topological polar surface area (TPSA) is 54.7 Å². The number of hydrogen-bond acceptors (Lipinski definition) is 4. The fourth-order valence-electron chi connectivity index (χ4n) is 3.44. The molecular formula is C21H23F3N2O3. The zero-order valence-electron chi connectivity index (χ0n) is 16.5. The van der Waals surface area contributed by atoms with Crippen LogP contribution in [0.15, 0.2) is 53.0 Å². The molecule has 2 aromatic rings. The van der Waals surface area contributed by atoms with E-state index in [0.717, 1.165) is 12.1 Å². The van der Waals surface area contributed by atoms with Crippen LogP contribution in [0, 0.1) is 0 Å². The van der Waals surface area contributed by atoms with Crippen LogP contribution >= 0.6 is 0 Å². The Bertz CT molecular complexity index is 993. The standard InChI is InChI=1S/C21H23F3N2O3/c1-20(2)16(13-25(3)10-11-27)19(26-9-5-4-6-18(26)28)15-12-14(21(22,23)24)7-8-17(15)29-20/h4-9,12,27H,10-11,13H2,1-3H3. The maximum absolute atomic E-state index is 13.4. The number of nitrogens with zero attached hydrogens (tertiary/aromatic N) is 2. The van der Waals surface area contributed by atoms with Crippen LogP contribution < -0.4 is 10.3 Å². The van der Waals surface area contributed by atoms with Crippen LogP contribution in [0.1, 0.15) is 25.0 Å². The molecule has 2 heterocycles. The van der Waals surface area contributed by atoms with Crippen LogP contribution in [-0.4, -0.2) is 46.9 Å². The van der Waals surface area contributed by atoms with Gasteiger partial charge < -0.3 is 9.84 Å². The van der Waals surface area contributed by atoms with Crippen LogP contribution in [0.5, 0.6) is 5.75 Å². The number of likely N-dealkylation sites (N-methyl/N-ethyl adjacent to an activating group) is 1. The Morgan fingerprint density at radius 3 is 2.55 bits per heavy atom. The number of aromatic nitrogens is 1. The molecule has 0 saturated heterocycles. The van der Waals surface area contributed by atoms with E-state index in [1.807, 2.05) is 18.7 Å². The van der Waals surface area contributed by atoms with Gasteiger partial charge in [0.1, 0.15) is 11.4 Å². The third-order valence-electron chi connectivity index (χ3n) is 4.91. The van der Waals surface area contributed by atoms with Crippen molar-refractivity contribution >= 4 is 5.70 Å². The summed E-state index contributed by atoms with van der Waals surface area (Å²) in [6, 6.07) is 7.88. The third kappa shape index (κ3) is 4.23. The molecule has 0 saturated carbocycles. The van der Waals surface area contributed by atoms with Gasteiger partial charge in [-0.1, -0.05) is 6.07 Å². The van der Waals surface area contributed by atoms with Crippen molar-refractivity contribution in [3.8, 4) is 5.75 Å². The Kier molecular flexibility index (Phi) is 5.60. The molecular weight excluding hydrogens is 385 g/mol. The summed E-state index contributed by atoms with van der Waals surface area (Å²) >= 11 is 0. The number of ether oxygens (including phenoxy) is 1. The zero-order chi connectivity index (χ0) is 21.4. The van der Waals surface area contributed by atoms with Crippen LogP contribution in [0.4, 0.5) is 13.2 Å². The number of fused-ring (bicyclic) bond motifs is 1. The van der Waals surface area contributed by atoms with Crippen molar-refractivity contribution in [3.63, 3.8) is 0 Å². The lowest BCUT2D eigenvalue weighted by Crippen LogP contribution is -2.42. The van der Waals surface area contributed by atoms with Crippen molar-refractivity contribution in [3.05, 3.63) is 69.6 Å². The molecule has 0 amide bonds. The highest BCUT2D eigenvalue weighted by Crippen LogP contribution is 2.43. The van der Waals surface area contributed by atoms with E-state index in [-0.39, 0.29) is 23.5 Å². The Labute approximate surface area is 166 Å². The largest absolute Gasteiger partial charge is 0.483 e. The maximum Gasteiger partial charge on any atom is 0.416 e. The van der Waals surface area contributed by atoms with E-state index >= 15 is 0 Å². The monoisotopic (exact) mass is 408 g/mol. The highest BCUT2D eigenvalue weighted by molar-refractivity contribution is 5.77.